The monoisotopic (exact) mass is 242 g/mol. The number of aliphatic hydroxyl groups is 1. The molecule has 100 valence electrons. The lowest BCUT2D eigenvalue weighted by Gasteiger charge is -2.28. The Labute approximate surface area is 104 Å². The Hall–Kier alpha value is -0.610. The van der Waals surface area contributed by atoms with Gasteiger partial charge >= 0.3 is 0 Å². The van der Waals surface area contributed by atoms with E-state index in [-0.39, 0.29) is 11.8 Å². The summed E-state index contributed by atoms with van der Waals surface area (Å²) in [7, 11) is 0. The van der Waals surface area contributed by atoms with E-state index in [1.807, 2.05) is 13.8 Å². The molecule has 0 spiro atoms. The average molecular weight is 242 g/mol. The van der Waals surface area contributed by atoms with E-state index in [4.69, 9.17) is 5.73 Å². The molecule has 1 aliphatic carbocycles. The second-order valence-corrected chi connectivity index (χ2v) is 5.63. The van der Waals surface area contributed by atoms with Gasteiger partial charge in [-0.3, -0.25) is 4.79 Å². The van der Waals surface area contributed by atoms with Crippen molar-refractivity contribution in [3.05, 3.63) is 0 Å². The highest BCUT2D eigenvalue weighted by atomic mass is 16.3. The molecule has 0 unspecified atom stereocenters. The van der Waals surface area contributed by atoms with Gasteiger partial charge in [-0.25, -0.2) is 0 Å². The number of nitrogens with two attached hydrogens (primary N) is 1. The summed E-state index contributed by atoms with van der Waals surface area (Å²) in [5, 5.41) is 13.2. The predicted molar refractivity (Wildman–Crippen MR) is 68.5 cm³/mol. The lowest BCUT2D eigenvalue weighted by molar-refractivity contribution is -0.124. The van der Waals surface area contributed by atoms with Gasteiger partial charge in [-0.2, -0.15) is 0 Å². The molecular weight excluding hydrogens is 216 g/mol. The molecule has 1 aliphatic rings. The fraction of sp³-hybridized carbons (Fsp3) is 0.923. The van der Waals surface area contributed by atoms with Gasteiger partial charge in [-0.15, -0.1) is 0 Å². The van der Waals surface area contributed by atoms with Crippen molar-refractivity contribution in [2.45, 2.75) is 64.0 Å². The van der Waals surface area contributed by atoms with Gasteiger partial charge in [-0.1, -0.05) is 39.5 Å². The van der Waals surface area contributed by atoms with Gasteiger partial charge in [0.05, 0.1) is 11.6 Å². The van der Waals surface area contributed by atoms with Crippen LogP contribution in [0.4, 0.5) is 0 Å². The van der Waals surface area contributed by atoms with Crippen LogP contribution in [0.2, 0.25) is 0 Å². The molecule has 0 aromatic rings. The van der Waals surface area contributed by atoms with Crippen LogP contribution in [-0.2, 0) is 4.79 Å². The van der Waals surface area contributed by atoms with E-state index < -0.39 is 11.6 Å². The van der Waals surface area contributed by atoms with Crippen LogP contribution in [0, 0.1) is 5.92 Å². The maximum atomic E-state index is 11.7. The summed E-state index contributed by atoms with van der Waals surface area (Å²) in [4.78, 5) is 11.7. The Balaban J connectivity index is 2.40. The quantitative estimate of drug-likeness (QED) is 0.648. The molecule has 0 aromatic carbocycles. The van der Waals surface area contributed by atoms with Crippen molar-refractivity contribution in [3.63, 3.8) is 0 Å². The Morgan fingerprint density at radius 2 is 1.82 bits per heavy atom. The van der Waals surface area contributed by atoms with Crippen molar-refractivity contribution < 1.29 is 9.90 Å². The molecule has 17 heavy (non-hydrogen) atoms. The molecule has 0 heterocycles. The van der Waals surface area contributed by atoms with Crippen LogP contribution in [-0.4, -0.2) is 29.2 Å². The summed E-state index contributed by atoms with van der Waals surface area (Å²) in [6.07, 6.45) is 6.02. The van der Waals surface area contributed by atoms with Crippen molar-refractivity contribution in [3.8, 4) is 0 Å². The van der Waals surface area contributed by atoms with Crippen LogP contribution >= 0.6 is 0 Å². The smallest absolute Gasteiger partial charge is 0.237 e. The lowest BCUT2D eigenvalue weighted by atomic mass is 9.94. The molecule has 4 heteroatoms. The van der Waals surface area contributed by atoms with E-state index in [9.17, 15) is 9.90 Å². The van der Waals surface area contributed by atoms with Crippen LogP contribution in [0.3, 0.4) is 0 Å². The molecule has 4 N–H and O–H groups in total. The number of hydrogen-bond acceptors (Lipinski definition) is 3. The van der Waals surface area contributed by atoms with Gasteiger partial charge in [0.1, 0.15) is 0 Å². The minimum absolute atomic E-state index is 0.124. The number of nitrogens with one attached hydrogen (secondary N) is 1. The third-order valence-corrected chi connectivity index (χ3v) is 3.65. The first kappa shape index (κ1) is 14.5. The molecule has 0 bridgehead atoms. The van der Waals surface area contributed by atoms with Crippen LogP contribution in [0.25, 0.3) is 0 Å². The second kappa shape index (κ2) is 6.36. The zero-order valence-corrected chi connectivity index (χ0v) is 11.0. The highest BCUT2D eigenvalue weighted by molar-refractivity contribution is 5.81. The Bertz CT molecular complexity index is 246. The zero-order chi connectivity index (χ0) is 12.9. The number of amides is 1. The molecule has 1 fully saturated rings. The van der Waals surface area contributed by atoms with Crippen LogP contribution in [0.1, 0.15) is 52.4 Å². The van der Waals surface area contributed by atoms with Crippen LogP contribution in [0.5, 0.6) is 0 Å². The van der Waals surface area contributed by atoms with E-state index >= 15 is 0 Å². The molecule has 4 nitrogen and oxygen atoms in total. The molecule has 0 saturated heterocycles. The first-order valence-corrected chi connectivity index (χ1v) is 6.70. The summed E-state index contributed by atoms with van der Waals surface area (Å²) < 4.78 is 0. The van der Waals surface area contributed by atoms with Crippen molar-refractivity contribution in [1.82, 2.24) is 5.32 Å². The van der Waals surface area contributed by atoms with E-state index in [1.165, 1.54) is 12.8 Å². The fourth-order valence-corrected chi connectivity index (χ4v) is 2.24. The molecule has 1 saturated carbocycles. The number of hydrogen-bond donors (Lipinski definition) is 3. The lowest BCUT2D eigenvalue weighted by Crippen LogP contribution is -2.49. The average Bonchev–Trinajstić information content (AvgIpc) is 2.50. The maximum absolute atomic E-state index is 11.7. The topological polar surface area (TPSA) is 75.4 Å². The van der Waals surface area contributed by atoms with Crippen LogP contribution in [0.15, 0.2) is 0 Å². The van der Waals surface area contributed by atoms with E-state index in [0.29, 0.717) is 6.54 Å². The molecule has 0 aliphatic heterocycles. The van der Waals surface area contributed by atoms with E-state index in [1.54, 1.807) is 0 Å². The van der Waals surface area contributed by atoms with Gasteiger partial charge in [-0.05, 0) is 18.8 Å². The number of carbonyl (C=O) groups excluding carboxylic acids is 1. The summed E-state index contributed by atoms with van der Waals surface area (Å²) >= 11 is 0. The highest BCUT2D eigenvalue weighted by Crippen LogP contribution is 2.26. The molecule has 1 atom stereocenters. The minimum Gasteiger partial charge on any atom is -0.388 e. The van der Waals surface area contributed by atoms with Crippen molar-refractivity contribution >= 4 is 5.91 Å². The number of carbonyl (C=O) groups is 1. The third kappa shape index (κ3) is 4.64. The van der Waals surface area contributed by atoms with Gasteiger partial charge < -0.3 is 16.2 Å². The van der Waals surface area contributed by atoms with Gasteiger partial charge in [0.25, 0.3) is 0 Å². The Morgan fingerprint density at radius 3 is 2.29 bits per heavy atom. The number of rotatable bonds is 4. The largest absolute Gasteiger partial charge is 0.388 e. The van der Waals surface area contributed by atoms with Crippen molar-refractivity contribution in [2.75, 3.05) is 6.54 Å². The third-order valence-electron chi connectivity index (χ3n) is 3.65. The first-order chi connectivity index (χ1) is 7.94. The summed E-state index contributed by atoms with van der Waals surface area (Å²) in [6, 6.07) is -0.482. The minimum atomic E-state index is -0.719. The van der Waals surface area contributed by atoms with Crippen molar-refractivity contribution in [2.24, 2.45) is 11.7 Å². The summed E-state index contributed by atoms with van der Waals surface area (Å²) in [5.41, 5.74) is 5.04. The van der Waals surface area contributed by atoms with Gasteiger partial charge in [0.2, 0.25) is 5.91 Å². The molecule has 1 rings (SSSR count). The summed E-state index contributed by atoms with van der Waals surface area (Å²) in [5.74, 6) is -0.0311. The SMILES string of the molecule is CC(C)[C@H](N)C(=O)NCC1(O)CCCCCC1. The Morgan fingerprint density at radius 1 is 1.29 bits per heavy atom. The molecule has 0 aromatic heterocycles. The predicted octanol–water partition coefficient (Wildman–Crippen LogP) is 1.17. The van der Waals surface area contributed by atoms with Crippen molar-refractivity contribution in [1.29, 1.82) is 0 Å². The van der Waals surface area contributed by atoms with Gasteiger partial charge in [0.15, 0.2) is 0 Å². The van der Waals surface area contributed by atoms with E-state index in [0.717, 1.165) is 25.7 Å². The molecule has 1 amide bonds. The van der Waals surface area contributed by atoms with E-state index in [2.05, 4.69) is 5.32 Å². The summed E-state index contributed by atoms with van der Waals surface area (Å²) in [6.45, 7) is 4.18. The zero-order valence-electron chi connectivity index (χ0n) is 11.0. The maximum Gasteiger partial charge on any atom is 0.237 e. The Kier molecular flexibility index (Phi) is 5.40. The van der Waals surface area contributed by atoms with Gasteiger partial charge in [0, 0.05) is 6.54 Å². The molecule has 0 radical (unpaired) electrons. The highest BCUT2D eigenvalue weighted by Gasteiger charge is 2.29. The van der Waals surface area contributed by atoms with Crippen LogP contribution < -0.4 is 11.1 Å². The molecular formula is C13H26N2O2. The normalized spacial score (nSPS) is 21.9. The fourth-order valence-electron chi connectivity index (χ4n) is 2.24. The first-order valence-electron chi connectivity index (χ1n) is 6.70. The second-order valence-electron chi connectivity index (χ2n) is 5.63. The standard InChI is InChI=1S/C13H26N2O2/c1-10(2)11(14)12(16)15-9-13(17)7-5-3-4-6-8-13/h10-11,17H,3-9,14H2,1-2H3,(H,15,16)/t11-/m0/s1.